The van der Waals surface area contributed by atoms with Gasteiger partial charge in [-0.3, -0.25) is 9.59 Å². The van der Waals surface area contributed by atoms with Crippen LogP contribution >= 0.6 is 0 Å². The molecule has 3 aromatic carbocycles. The van der Waals surface area contributed by atoms with Crippen molar-refractivity contribution in [2.24, 2.45) is 0 Å². The van der Waals surface area contributed by atoms with E-state index >= 15 is 0 Å². The molecular formula is C20H17N3O2. The van der Waals surface area contributed by atoms with Gasteiger partial charge < -0.3 is 16.4 Å². The second-order valence-electron chi connectivity index (χ2n) is 5.45. The van der Waals surface area contributed by atoms with Crippen LogP contribution in [0.3, 0.4) is 0 Å². The van der Waals surface area contributed by atoms with Gasteiger partial charge in [-0.05, 0) is 42.5 Å². The van der Waals surface area contributed by atoms with Crippen LogP contribution in [0, 0.1) is 0 Å². The zero-order valence-corrected chi connectivity index (χ0v) is 13.4. The van der Waals surface area contributed by atoms with E-state index in [0.717, 1.165) is 5.69 Å². The van der Waals surface area contributed by atoms with E-state index in [9.17, 15) is 9.59 Å². The van der Waals surface area contributed by atoms with Gasteiger partial charge in [-0.15, -0.1) is 0 Å². The Morgan fingerprint density at radius 1 is 0.880 bits per heavy atom. The first kappa shape index (κ1) is 16.3. The normalized spacial score (nSPS) is 10.1. The summed E-state index contributed by atoms with van der Waals surface area (Å²) in [5.74, 6) is -0.278. The average molecular weight is 331 g/mol. The summed E-state index contributed by atoms with van der Waals surface area (Å²) in [7, 11) is 0. The molecule has 3 aromatic rings. The van der Waals surface area contributed by atoms with Gasteiger partial charge in [0.2, 0.25) is 0 Å². The van der Waals surface area contributed by atoms with Crippen LogP contribution in [-0.4, -0.2) is 12.2 Å². The van der Waals surface area contributed by atoms with Crippen LogP contribution in [0.1, 0.15) is 20.7 Å². The van der Waals surface area contributed by atoms with E-state index < -0.39 is 0 Å². The van der Waals surface area contributed by atoms with Crippen molar-refractivity contribution in [2.45, 2.75) is 0 Å². The number of aldehydes is 1. The summed E-state index contributed by atoms with van der Waals surface area (Å²) in [5.41, 5.74) is 9.36. The number of anilines is 4. The summed E-state index contributed by atoms with van der Waals surface area (Å²) in [5, 5.41) is 5.96. The number of hydrogen-bond donors (Lipinski definition) is 3. The van der Waals surface area contributed by atoms with Crippen LogP contribution in [0.2, 0.25) is 0 Å². The van der Waals surface area contributed by atoms with Crippen LogP contribution in [0.5, 0.6) is 0 Å². The fourth-order valence-corrected chi connectivity index (χ4v) is 2.40. The molecule has 0 saturated heterocycles. The third-order valence-electron chi connectivity index (χ3n) is 3.70. The molecule has 25 heavy (non-hydrogen) atoms. The van der Waals surface area contributed by atoms with Crippen molar-refractivity contribution in [3.63, 3.8) is 0 Å². The van der Waals surface area contributed by atoms with E-state index in [0.29, 0.717) is 34.5 Å². The highest BCUT2D eigenvalue weighted by molar-refractivity contribution is 6.06. The number of amides is 1. The van der Waals surface area contributed by atoms with Gasteiger partial charge in [0.05, 0.1) is 17.1 Å². The first-order chi connectivity index (χ1) is 12.2. The minimum atomic E-state index is -0.278. The quantitative estimate of drug-likeness (QED) is 0.486. The molecule has 0 aliphatic rings. The van der Waals surface area contributed by atoms with Crippen molar-refractivity contribution in [3.05, 3.63) is 83.9 Å². The molecular weight excluding hydrogens is 314 g/mol. The Bertz CT molecular complexity index is 908. The molecule has 5 heteroatoms. The minimum Gasteiger partial charge on any atom is -0.397 e. The Morgan fingerprint density at radius 2 is 1.60 bits per heavy atom. The molecule has 0 unspecified atom stereocenters. The molecule has 0 spiro atoms. The highest BCUT2D eigenvalue weighted by Crippen LogP contribution is 2.26. The maximum absolute atomic E-state index is 12.3. The number of benzene rings is 3. The molecule has 3 rings (SSSR count). The van der Waals surface area contributed by atoms with Gasteiger partial charge in [-0.2, -0.15) is 0 Å². The summed E-state index contributed by atoms with van der Waals surface area (Å²) in [6.07, 6.45) is 0.710. The number of nitrogens with two attached hydrogens (primary N) is 1. The van der Waals surface area contributed by atoms with Gasteiger partial charge in [-0.25, -0.2) is 0 Å². The predicted molar refractivity (Wildman–Crippen MR) is 100 cm³/mol. The molecule has 0 aliphatic carbocycles. The SMILES string of the molecule is Nc1ccccc1Nc1ccc(C=O)c(NC(=O)c2ccccc2)c1. The van der Waals surface area contributed by atoms with Gasteiger partial charge in [0, 0.05) is 16.8 Å². The first-order valence-corrected chi connectivity index (χ1v) is 7.74. The third kappa shape index (κ3) is 3.84. The van der Waals surface area contributed by atoms with Gasteiger partial charge in [0.1, 0.15) is 0 Å². The lowest BCUT2D eigenvalue weighted by atomic mass is 10.1. The molecule has 0 saturated carbocycles. The molecule has 0 heterocycles. The number of carbonyl (C=O) groups excluding carboxylic acids is 2. The lowest BCUT2D eigenvalue weighted by molar-refractivity contribution is 0.102. The Balaban J connectivity index is 1.86. The number of nitrogen functional groups attached to an aromatic ring is 1. The monoisotopic (exact) mass is 331 g/mol. The number of nitrogens with one attached hydrogen (secondary N) is 2. The first-order valence-electron chi connectivity index (χ1n) is 7.74. The standard InChI is InChI=1S/C20H17N3O2/c21-17-8-4-5-9-18(17)22-16-11-10-15(13-24)19(12-16)23-20(25)14-6-2-1-3-7-14/h1-13,22H,21H2,(H,23,25). The summed E-state index contributed by atoms with van der Waals surface area (Å²) < 4.78 is 0. The van der Waals surface area contributed by atoms with Gasteiger partial charge in [0.15, 0.2) is 6.29 Å². The van der Waals surface area contributed by atoms with Crippen molar-refractivity contribution < 1.29 is 9.59 Å². The Hall–Kier alpha value is -3.60. The topological polar surface area (TPSA) is 84.2 Å². The predicted octanol–water partition coefficient (Wildman–Crippen LogP) is 4.08. The lowest BCUT2D eigenvalue weighted by Crippen LogP contribution is -2.13. The minimum absolute atomic E-state index is 0.278. The molecule has 0 atom stereocenters. The smallest absolute Gasteiger partial charge is 0.255 e. The fraction of sp³-hybridized carbons (Fsp3) is 0. The molecule has 0 aliphatic heterocycles. The van der Waals surface area contributed by atoms with E-state index in [1.54, 1.807) is 48.5 Å². The summed E-state index contributed by atoms with van der Waals surface area (Å²) in [6, 6.07) is 21.3. The van der Waals surface area contributed by atoms with E-state index in [2.05, 4.69) is 10.6 Å². The molecule has 1 amide bonds. The van der Waals surface area contributed by atoms with Crippen LogP contribution in [-0.2, 0) is 0 Å². The molecule has 5 nitrogen and oxygen atoms in total. The number of hydrogen-bond acceptors (Lipinski definition) is 4. The molecule has 124 valence electrons. The number of carbonyl (C=O) groups is 2. The van der Waals surface area contributed by atoms with Crippen molar-refractivity contribution in [2.75, 3.05) is 16.4 Å². The highest BCUT2D eigenvalue weighted by Gasteiger charge is 2.10. The third-order valence-corrected chi connectivity index (χ3v) is 3.70. The zero-order valence-electron chi connectivity index (χ0n) is 13.4. The van der Waals surface area contributed by atoms with Crippen LogP contribution in [0.15, 0.2) is 72.8 Å². The summed E-state index contributed by atoms with van der Waals surface area (Å²) in [6.45, 7) is 0. The second-order valence-corrected chi connectivity index (χ2v) is 5.45. The highest BCUT2D eigenvalue weighted by atomic mass is 16.1. The zero-order chi connectivity index (χ0) is 17.6. The molecule has 0 bridgehead atoms. The molecule has 0 fully saturated rings. The van der Waals surface area contributed by atoms with E-state index in [1.807, 2.05) is 24.3 Å². The maximum atomic E-state index is 12.3. The largest absolute Gasteiger partial charge is 0.397 e. The van der Waals surface area contributed by atoms with Crippen molar-refractivity contribution in [1.82, 2.24) is 0 Å². The summed E-state index contributed by atoms with van der Waals surface area (Å²) >= 11 is 0. The van der Waals surface area contributed by atoms with E-state index in [-0.39, 0.29) is 5.91 Å². The number of rotatable bonds is 5. The molecule has 0 aromatic heterocycles. The van der Waals surface area contributed by atoms with Gasteiger partial charge >= 0.3 is 0 Å². The Morgan fingerprint density at radius 3 is 2.32 bits per heavy atom. The second kappa shape index (κ2) is 7.31. The average Bonchev–Trinajstić information content (AvgIpc) is 2.64. The molecule has 4 N–H and O–H groups in total. The van der Waals surface area contributed by atoms with Gasteiger partial charge in [-0.1, -0.05) is 30.3 Å². The van der Waals surface area contributed by atoms with Crippen molar-refractivity contribution >= 4 is 34.9 Å². The van der Waals surface area contributed by atoms with E-state index in [4.69, 9.17) is 5.73 Å². The maximum Gasteiger partial charge on any atom is 0.255 e. The van der Waals surface area contributed by atoms with Crippen LogP contribution in [0.25, 0.3) is 0 Å². The van der Waals surface area contributed by atoms with Crippen LogP contribution in [0.4, 0.5) is 22.7 Å². The van der Waals surface area contributed by atoms with E-state index in [1.165, 1.54) is 0 Å². The Labute approximate surface area is 145 Å². The molecule has 0 radical (unpaired) electrons. The van der Waals surface area contributed by atoms with Crippen molar-refractivity contribution in [1.29, 1.82) is 0 Å². The lowest BCUT2D eigenvalue weighted by Gasteiger charge is -2.13. The summed E-state index contributed by atoms with van der Waals surface area (Å²) in [4.78, 5) is 23.6. The Kier molecular flexibility index (Phi) is 4.76. The van der Waals surface area contributed by atoms with Crippen LogP contribution < -0.4 is 16.4 Å². The number of para-hydroxylation sites is 2. The van der Waals surface area contributed by atoms with Crippen molar-refractivity contribution in [3.8, 4) is 0 Å². The van der Waals surface area contributed by atoms with Gasteiger partial charge in [0.25, 0.3) is 5.91 Å². The fourth-order valence-electron chi connectivity index (χ4n) is 2.40.